The Hall–Kier alpha value is -2.55. The zero-order valence-electron chi connectivity index (χ0n) is 14.9. The van der Waals surface area contributed by atoms with Crippen molar-refractivity contribution in [1.82, 2.24) is 15.3 Å². The van der Waals surface area contributed by atoms with E-state index in [-0.39, 0.29) is 29.0 Å². The van der Waals surface area contributed by atoms with E-state index in [1.807, 2.05) is 30.5 Å². The summed E-state index contributed by atoms with van der Waals surface area (Å²) in [4.78, 5) is 20.3. The van der Waals surface area contributed by atoms with E-state index in [1.165, 1.54) is 6.20 Å². The molecule has 1 aliphatic rings. The lowest BCUT2D eigenvalue weighted by atomic mass is 10.1. The summed E-state index contributed by atoms with van der Waals surface area (Å²) < 4.78 is 41.3. The van der Waals surface area contributed by atoms with Gasteiger partial charge >= 0.3 is 6.18 Å². The summed E-state index contributed by atoms with van der Waals surface area (Å²) in [5, 5.41) is 4.00. The quantitative estimate of drug-likeness (QED) is 0.628. The van der Waals surface area contributed by atoms with Gasteiger partial charge in [0.15, 0.2) is 6.61 Å². The molecule has 0 aliphatic heterocycles. The summed E-state index contributed by atoms with van der Waals surface area (Å²) in [5.74, 6) is 0.0139. The lowest BCUT2D eigenvalue weighted by Crippen LogP contribution is -2.27. The van der Waals surface area contributed by atoms with Crippen molar-refractivity contribution >= 4 is 28.1 Å². The third kappa shape index (κ3) is 3.99. The van der Waals surface area contributed by atoms with Gasteiger partial charge in [-0.2, -0.15) is 13.2 Å². The van der Waals surface area contributed by atoms with Crippen LogP contribution >= 0.6 is 11.3 Å². The molecular formula is C19H18F3N3O2S. The smallest absolute Gasteiger partial charge is 0.422 e. The molecule has 1 amide bonds. The Bertz CT molecular complexity index is 998. The minimum absolute atomic E-state index is 0.0588. The van der Waals surface area contributed by atoms with Crippen LogP contribution in [0.15, 0.2) is 36.7 Å². The van der Waals surface area contributed by atoms with Gasteiger partial charge in [0.25, 0.3) is 5.19 Å². The molecule has 3 aromatic rings. The molecule has 1 aliphatic carbocycles. The van der Waals surface area contributed by atoms with Gasteiger partial charge in [0.2, 0.25) is 5.91 Å². The first-order valence-corrected chi connectivity index (χ1v) is 9.65. The number of carbonyl (C=O) groups excluding carboxylic acids is 1. The highest BCUT2D eigenvalue weighted by atomic mass is 32.1. The second-order valence-electron chi connectivity index (χ2n) is 6.90. The van der Waals surface area contributed by atoms with Gasteiger partial charge in [-0.3, -0.25) is 4.79 Å². The first kappa shape index (κ1) is 18.8. The van der Waals surface area contributed by atoms with Crippen molar-refractivity contribution in [3.63, 3.8) is 0 Å². The summed E-state index contributed by atoms with van der Waals surface area (Å²) in [5.41, 5.74) is 2.19. The summed E-state index contributed by atoms with van der Waals surface area (Å²) >= 11 is 1.00. The molecule has 2 heterocycles. The van der Waals surface area contributed by atoms with Crippen LogP contribution in [-0.2, 0) is 4.79 Å². The van der Waals surface area contributed by atoms with Gasteiger partial charge in [0, 0.05) is 29.2 Å². The normalized spacial score (nSPS) is 20.1. The average molecular weight is 409 g/mol. The van der Waals surface area contributed by atoms with Crippen molar-refractivity contribution < 1.29 is 22.7 Å². The van der Waals surface area contributed by atoms with Gasteiger partial charge in [-0.05, 0) is 30.9 Å². The second kappa shape index (κ2) is 7.12. The molecule has 0 unspecified atom stereocenters. The highest BCUT2D eigenvalue weighted by Gasteiger charge is 2.45. The molecule has 1 fully saturated rings. The van der Waals surface area contributed by atoms with Crippen molar-refractivity contribution in [2.45, 2.75) is 31.5 Å². The van der Waals surface area contributed by atoms with E-state index < -0.39 is 12.8 Å². The van der Waals surface area contributed by atoms with Gasteiger partial charge in [0.1, 0.15) is 0 Å². The first-order valence-electron chi connectivity index (χ1n) is 8.83. The molecule has 28 heavy (non-hydrogen) atoms. The van der Waals surface area contributed by atoms with Crippen LogP contribution in [0.3, 0.4) is 0 Å². The number of fused-ring (bicyclic) bond motifs is 1. The summed E-state index contributed by atoms with van der Waals surface area (Å²) in [6.45, 7) is 0.400. The molecule has 9 heteroatoms. The van der Waals surface area contributed by atoms with Gasteiger partial charge in [0.05, 0.1) is 10.9 Å². The van der Waals surface area contributed by atoms with Gasteiger partial charge < -0.3 is 15.0 Å². The van der Waals surface area contributed by atoms with Crippen molar-refractivity contribution in [3.8, 4) is 5.19 Å². The van der Waals surface area contributed by atoms with Gasteiger partial charge in [-0.15, -0.1) is 0 Å². The number of nitrogens with one attached hydrogen (secondary N) is 2. The summed E-state index contributed by atoms with van der Waals surface area (Å²) in [6.07, 6.45) is -0.233. The average Bonchev–Trinajstić information content (AvgIpc) is 3.11. The molecule has 0 saturated heterocycles. The predicted molar refractivity (Wildman–Crippen MR) is 99.4 cm³/mol. The topological polar surface area (TPSA) is 67.0 Å². The Balaban J connectivity index is 1.35. The van der Waals surface area contributed by atoms with Gasteiger partial charge in [-0.25, -0.2) is 4.98 Å². The Morgan fingerprint density at radius 3 is 3.00 bits per heavy atom. The van der Waals surface area contributed by atoms with Crippen molar-refractivity contribution in [2.24, 2.45) is 5.92 Å². The van der Waals surface area contributed by atoms with Crippen LogP contribution in [0.5, 0.6) is 5.19 Å². The number of aromatic amines is 1. The molecule has 0 spiro atoms. The SMILES string of the molecule is C[C@@H](NC(=O)[C@H]1C[C@@H]1c1c[nH]c2ccccc12)c1cnc(OCC(F)(F)F)s1. The number of H-pyrrole nitrogens is 1. The Morgan fingerprint density at radius 2 is 2.21 bits per heavy atom. The molecule has 5 nitrogen and oxygen atoms in total. The first-order chi connectivity index (χ1) is 13.3. The predicted octanol–water partition coefficient (Wildman–Crippen LogP) is 4.55. The minimum atomic E-state index is -4.41. The third-order valence-corrected chi connectivity index (χ3v) is 5.89. The van der Waals surface area contributed by atoms with Crippen LogP contribution in [0.25, 0.3) is 10.9 Å². The number of benzene rings is 1. The number of carbonyl (C=O) groups is 1. The van der Waals surface area contributed by atoms with Crippen molar-refractivity contribution in [3.05, 3.63) is 47.1 Å². The molecule has 4 rings (SSSR count). The number of amides is 1. The number of thiazole rings is 1. The highest BCUT2D eigenvalue weighted by Crippen LogP contribution is 2.49. The van der Waals surface area contributed by atoms with E-state index in [9.17, 15) is 18.0 Å². The molecule has 2 aromatic heterocycles. The fraction of sp³-hybridized carbons (Fsp3) is 0.368. The van der Waals surface area contributed by atoms with Crippen molar-refractivity contribution in [2.75, 3.05) is 6.61 Å². The summed E-state index contributed by atoms with van der Waals surface area (Å²) in [6, 6.07) is 7.62. The summed E-state index contributed by atoms with van der Waals surface area (Å²) in [7, 11) is 0. The Kier molecular flexibility index (Phi) is 4.78. The molecule has 0 radical (unpaired) electrons. The molecule has 148 valence electrons. The fourth-order valence-corrected chi connectivity index (χ4v) is 4.07. The molecule has 1 aromatic carbocycles. The number of halogens is 3. The second-order valence-corrected chi connectivity index (χ2v) is 7.93. The van der Waals surface area contributed by atoms with Crippen LogP contribution in [-0.4, -0.2) is 28.7 Å². The number of para-hydroxylation sites is 1. The largest absolute Gasteiger partial charge is 0.460 e. The Labute approximate surface area is 162 Å². The minimum Gasteiger partial charge on any atom is -0.460 e. The third-order valence-electron chi connectivity index (χ3n) is 4.80. The molecule has 1 saturated carbocycles. The molecule has 0 bridgehead atoms. The number of aromatic nitrogens is 2. The van der Waals surface area contributed by atoms with E-state index in [2.05, 4.69) is 20.0 Å². The zero-order valence-corrected chi connectivity index (χ0v) is 15.7. The maximum Gasteiger partial charge on any atom is 0.422 e. The fourth-order valence-electron chi connectivity index (χ4n) is 3.30. The van der Waals surface area contributed by atoms with E-state index in [0.29, 0.717) is 4.88 Å². The number of hydrogen-bond acceptors (Lipinski definition) is 4. The number of alkyl halides is 3. The van der Waals surface area contributed by atoms with Crippen LogP contribution in [0.4, 0.5) is 13.2 Å². The lowest BCUT2D eigenvalue weighted by molar-refractivity contribution is -0.153. The number of rotatable bonds is 6. The molecule has 2 N–H and O–H groups in total. The van der Waals surface area contributed by atoms with Gasteiger partial charge in [-0.1, -0.05) is 29.5 Å². The maximum atomic E-state index is 12.6. The zero-order chi connectivity index (χ0) is 19.9. The molecule has 3 atom stereocenters. The van der Waals surface area contributed by atoms with E-state index in [4.69, 9.17) is 0 Å². The van der Waals surface area contributed by atoms with Crippen LogP contribution < -0.4 is 10.1 Å². The van der Waals surface area contributed by atoms with Crippen molar-refractivity contribution in [1.29, 1.82) is 0 Å². The standard InChI is InChI=1S/C19H18F3N3O2S/c1-10(16-8-24-18(28-16)27-9-19(20,21)22)25-17(26)13-6-12(13)14-7-23-15-5-3-2-4-11(14)15/h2-5,7-8,10,12-13,23H,6,9H2,1H3,(H,25,26)/t10-,12+,13+/m1/s1. The highest BCUT2D eigenvalue weighted by molar-refractivity contribution is 7.13. The van der Waals surface area contributed by atoms with E-state index in [0.717, 1.165) is 34.2 Å². The van der Waals surface area contributed by atoms with E-state index in [1.54, 1.807) is 6.92 Å². The Morgan fingerprint density at radius 1 is 1.43 bits per heavy atom. The molecular weight excluding hydrogens is 391 g/mol. The monoisotopic (exact) mass is 409 g/mol. The number of nitrogens with zero attached hydrogens (tertiary/aromatic N) is 1. The van der Waals surface area contributed by atoms with Crippen LogP contribution in [0.2, 0.25) is 0 Å². The maximum absolute atomic E-state index is 12.6. The number of ether oxygens (including phenoxy) is 1. The lowest BCUT2D eigenvalue weighted by Gasteiger charge is -2.11. The number of hydrogen-bond donors (Lipinski definition) is 2. The van der Waals surface area contributed by atoms with Crippen LogP contribution in [0, 0.1) is 5.92 Å². The van der Waals surface area contributed by atoms with Crippen LogP contribution in [0.1, 0.15) is 35.7 Å². The van der Waals surface area contributed by atoms with E-state index >= 15 is 0 Å².